The van der Waals surface area contributed by atoms with Crippen LogP contribution in [0.15, 0.2) is 40.5 Å². The van der Waals surface area contributed by atoms with E-state index in [4.69, 9.17) is 0 Å². The predicted octanol–water partition coefficient (Wildman–Crippen LogP) is 1.32. The van der Waals surface area contributed by atoms with Crippen LogP contribution in [0, 0.1) is 6.92 Å². The number of hydrogen-bond donors (Lipinski definition) is 2. The Morgan fingerprint density at radius 1 is 1.29 bits per heavy atom. The van der Waals surface area contributed by atoms with Crippen LogP contribution in [-0.2, 0) is 16.1 Å². The van der Waals surface area contributed by atoms with Crippen molar-refractivity contribution in [2.75, 3.05) is 12.3 Å². The number of nitrogens with one attached hydrogen (secondary N) is 1. The summed E-state index contributed by atoms with van der Waals surface area (Å²) in [6.45, 7) is 4.41. The number of aromatic nitrogens is 1. The molecule has 0 spiro atoms. The molecule has 1 saturated heterocycles. The van der Waals surface area contributed by atoms with Crippen LogP contribution in [0.25, 0.3) is 10.9 Å². The van der Waals surface area contributed by atoms with Gasteiger partial charge in [-0.1, -0.05) is 6.07 Å². The standard InChI is InChI=1S/C21H21N3O5S.Na/c1-3-23-9-14(19(26)13-5-4-11(2)6-15(13)23)20(27)22-8-12-10-30-17-7-16(25)24(17)18(12)21(28)29;/h4-6,9,17H,3,7-8,10H2,1-2H3,(H,22,27)(H,28,29);. The Balaban J connectivity index is 0.00000272. The molecule has 157 valence electrons. The van der Waals surface area contributed by atoms with E-state index in [0.717, 1.165) is 11.1 Å². The molecule has 1 aromatic heterocycles. The number of rotatable bonds is 5. The fourth-order valence-corrected chi connectivity index (χ4v) is 5.08. The summed E-state index contributed by atoms with van der Waals surface area (Å²) in [5, 5.41) is 12.5. The third-order valence-electron chi connectivity index (χ3n) is 5.42. The first kappa shape index (κ1) is 23.6. The van der Waals surface area contributed by atoms with Gasteiger partial charge in [-0.25, -0.2) is 4.79 Å². The number of thioether (sulfide) groups is 1. The average Bonchev–Trinajstić information content (AvgIpc) is 2.71. The molecule has 2 aliphatic heterocycles. The number of carboxylic acid groups (broad SMARTS) is 1. The van der Waals surface area contributed by atoms with Crippen LogP contribution < -0.4 is 10.7 Å². The van der Waals surface area contributed by atoms with Crippen molar-refractivity contribution in [1.29, 1.82) is 0 Å². The molecule has 1 fully saturated rings. The van der Waals surface area contributed by atoms with E-state index in [-0.39, 0.29) is 64.1 Å². The number of pyridine rings is 1. The third kappa shape index (κ3) is 4.19. The summed E-state index contributed by atoms with van der Waals surface area (Å²) >= 11 is 1.47. The first-order chi connectivity index (χ1) is 14.3. The van der Waals surface area contributed by atoms with Crippen molar-refractivity contribution in [3.05, 3.63) is 57.0 Å². The quantitative estimate of drug-likeness (QED) is 0.526. The number of aryl methyl sites for hydroxylation is 2. The molecule has 1 unspecified atom stereocenters. The van der Waals surface area contributed by atoms with E-state index >= 15 is 0 Å². The molecule has 1 atom stereocenters. The van der Waals surface area contributed by atoms with E-state index in [1.165, 1.54) is 22.9 Å². The Kier molecular flexibility index (Phi) is 7.00. The minimum Gasteiger partial charge on any atom is -0.477 e. The minimum atomic E-state index is -1.19. The zero-order chi connectivity index (χ0) is 21.6. The summed E-state index contributed by atoms with van der Waals surface area (Å²) in [5.41, 5.74) is 1.82. The van der Waals surface area contributed by atoms with Crippen molar-refractivity contribution in [2.24, 2.45) is 0 Å². The van der Waals surface area contributed by atoms with Gasteiger partial charge in [0.15, 0.2) is 0 Å². The summed E-state index contributed by atoms with van der Waals surface area (Å²) in [7, 11) is 0. The van der Waals surface area contributed by atoms with E-state index in [2.05, 4.69) is 5.32 Å². The molecule has 0 aliphatic carbocycles. The van der Waals surface area contributed by atoms with Crippen molar-refractivity contribution >= 4 is 70.0 Å². The number of hydrogen-bond acceptors (Lipinski definition) is 5. The summed E-state index contributed by atoms with van der Waals surface area (Å²) in [4.78, 5) is 50.5. The molecule has 1 radical (unpaired) electrons. The van der Waals surface area contributed by atoms with E-state index in [1.54, 1.807) is 6.07 Å². The smallest absolute Gasteiger partial charge is 0.352 e. The number of carbonyl (C=O) groups excluding carboxylic acids is 2. The largest absolute Gasteiger partial charge is 0.477 e. The molecule has 2 N–H and O–H groups in total. The average molecular weight is 450 g/mol. The van der Waals surface area contributed by atoms with Gasteiger partial charge >= 0.3 is 5.97 Å². The van der Waals surface area contributed by atoms with E-state index in [1.807, 2.05) is 30.5 Å². The van der Waals surface area contributed by atoms with E-state index < -0.39 is 11.9 Å². The summed E-state index contributed by atoms with van der Waals surface area (Å²) < 4.78 is 1.85. The summed E-state index contributed by atoms with van der Waals surface area (Å²) in [5.74, 6) is -1.58. The van der Waals surface area contributed by atoms with Crippen molar-refractivity contribution < 1.29 is 19.5 Å². The first-order valence-electron chi connectivity index (χ1n) is 9.62. The van der Waals surface area contributed by atoms with Gasteiger partial charge in [-0.05, 0) is 37.1 Å². The van der Waals surface area contributed by atoms with Gasteiger partial charge in [-0.15, -0.1) is 11.8 Å². The monoisotopic (exact) mass is 450 g/mol. The Morgan fingerprint density at radius 2 is 2.03 bits per heavy atom. The molecule has 31 heavy (non-hydrogen) atoms. The van der Waals surface area contributed by atoms with Gasteiger partial charge in [-0.2, -0.15) is 0 Å². The van der Waals surface area contributed by atoms with Crippen LogP contribution in [0.3, 0.4) is 0 Å². The number of amides is 2. The van der Waals surface area contributed by atoms with Gasteiger partial charge in [0.1, 0.15) is 11.3 Å². The number of fused-ring (bicyclic) bond motifs is 2. The second-order valence-electron chi connectivity index (χ2n) is 7.35. The molecule has 2 amide bonds. The summed E-state index contributed by atoms with van der Waals surface area (Å²) in [6, 6.07) is 5.45. The maximum Gasteiger partial charge on any atom is 0.352 e. The number of benzene rings is 1. The molecule has 8 nitrogen and oxygen atoms in total. The van der Waals surface area contributed by atoms with Gasteiger partial charge in [-0.3, -0.25) is 19.3 Å². The fourth-order valence-electron chi connectivity index (χ4n) is 3.82. The van der Waals surface area contributed by atoms with E-state index in [0.29, 0.717) is 29.7 Å². The van der Waals surface area contributed by atoms with Crippen LogP contribution in [0.5, 0.6) is 0 Å². The van der Waals surface area contributed by atoms with Crippen molar-refractivity contribution in [1.82, 2.24) is 14.8 Å². The van der Waals surface area contributed by atoms with Gasteiger partial charge in [0.05, 0.1) is 17.3 Å². The van der Waals surface area contributed by atoms with Gasteiger partial charge in [0.25, 0.3) is 5.91 Å². The Morgan fingerprint density at radius 3 is 2.68 bits per heavy atom. The van der Waals surface area contributed by atoms with Crippen LogP contribution in [0.1, 0.15) is 29.3 Å². The molecule has 2 aliphatic rings. The normalized spacial score (nSPS) is 17.7. The van der Waals surface area contributed by atoms with Gasteiger partial charge < -0.3 is 15.0 Å². The maximum atomic E-state index is 12.9. The number of β-lactam (4-membered cyclic amide) rings is 1. The molecule has 0 saturated carbocycles. The number of carbonyl (C=O) groups is 3. The Labute approximate surface area is 205 Å². The Hall–Kier alpha value is -2.07. The predicted molar refractivity (Wildman–Crippen MR) is 119 cm³/mol. The van der Waals surface area contributed by atoms with Crippen LogP contribution >= 0.6 is 11.8 Å². The third-order valence-corrected chi connectivity index (χ3v) is 6.70. The maximum absolute atomic E-state index is 12.9. The zero-order valence-corrected chi connectivity index (χ0v) is 20.4. The number of carboxylic acids is 1. The van der Waals surface area contributed by atoms with Crippen molar-refractivity contribution in [2.45, 2.75) is 32.2 Å². The minimum absolute atomic E-state index is 0. The van der Waals surface area contributed by atoms with Gasteiger partial charge in [0.2, 0.25) is 11.3 Å². The van der Waals surface area contributed by atoms with Crippen molar-refractivity contribution in [3.63, 3.8) is 0 Å². The topological polar surface area (TPSA) is 109 Å². The number of nitrogens with zero attached hydrogens (tertiary/aromatic N) is 2. The fraction of sp³-hybridized carbons (Fsp3) is 0.333. The molecular formula is C21H21N3NaO5S. The molecule has 0 bridgehead atoms. The molecule has 2 aromatic rings. The summed E-state index contributed by atoms with van der Waals surface area (Å²) in [6.07, 6.45) is 1.87. The second-order valence-corrected chi connectivity index (χ2v) is 8.52. The van der Waals surface area contributed by atoms with Crippen LogP contribution in [0.2, 0.25) is 0 Å². The Bertz CT molecular complexity index is 1190. The molecular weight excluding hydrogens is 429 g/mol. The van der Waals surface area contributed by atoms with E-state index in [9.17, 15) is 24.3 Å². The zero-order valence-electron chi connectivity index (χ0n) is 17.6. The van der Waals surface area contributed by atoms with Crippen LogP contribution in [-0.4, -0.2) is 79.6 Å². The first-order valence-corrected chi connectivity index (χ1v) is 10.7. The second kappa shape index (κ2) is 9.20. The molecule has 3 heterocycles. The molecule has 4 rings (SSSR count). The number of aliphatic carboxylic acids is 1. The molecule has 10 heteroatoms. The van der Waals surface area contributed by atoms with Gasteiger partial charge in [0, 0.05) is 60.0 Å². The van der Waals surface area contributed by atoms with Crippen molar-refractivity contribution in [3.8, 4) is 0 Å². The SMILES string of the molecule is CCn1cc(C(=O)NCC2=C(C(=O)O)N3C(=O)CC3SC2)c(=O)c2ccc(C)cc21.[Na]. The molecule has 1 aromatic carbocycles. The van der Waals surface area contributed by atoms with Crippen LogP contribution in [0.4, 0.5) is 0 Å².